The normalized spacial score (nSPS) is 12.7. The SMILES string of the molecule is Cc1cc2c(ccc3c4ncnc(-c5cc(C(C)(C)C)c6sccc6c5)c4sc23)s1. The molecule has 6 aromatic rings. The van der Waals surface area contributed by atoms with E-state index in [0.717, 1.165) is 11.2 Å². The van der Waals surface area contributed by atoms with Crippen LogP contribution in [0.15, 0.2) is 48.1 Å². The molecule has 0 N–H and O–H groups in total. The predicted octanol–water partition coefficient (Wildman–Crippen LogP) is 8.55. The van der Waals surface area contributed by atoms with Crippen LogP contribution in [0.4, 0.5) is 0 Å². The summed E-state index contributed by atoms with van der Waals surface area (Å²) in [5, 5.41) is 6.06. The van der Waals surface area contributed by atoms with Gasteiger partial charge >= 0.3 is 0 Å². The van der Waals surface area contributed by atoms with E-state index in [1.165, 1.54) is 51.0 Å². The first-order valence-corrected chi connectivity index (χ1v) is 12.5. The zero-order valence-electron chi connectivity index (χ0n) is 17.2. The Balaban J connectivity index is 1.70. The van der Waals surface area contributed by atoms with Crippen LogP contribution in [0.1, 0.15) is 31.2 Å². The molecular formula is C25H20N2S3. The minimum Gasteiger partial charge on any atom is -0.235 e. The van der Waals surface area contributed by atoms with E-state index in [1.807, 2.05) is 34.0 Å². The molecule has 0 bridgehead atoms. The Morgan fingerprint density at radius 1 is 0.833 bits per heavy atom. The average molecular weight is 445 g/mol. The maximum Gasteiger partial charge on any atom is 0.116 e. The van der Waals surface area contributed by atoms with Crippen molar-refractivity contribution in [2.45, 2.75) is 33.1 Å². The molecule has 0 atom stereocenters. The quantitative estimate of drug-likeness (QED) is 0.254. The summed E-state index contributed by atoms with van der Waals surface area (Å²) in [6.07, 6.45) is 1.72. The molecule has 30 heavy (non-hydrogen) atoms. The molecule has 0 aliphatic rings. The molecule has 4 aromatic heterocycles. The van der Waals surface area contributed by atoms with Crippen molar-refractivity contribution in [3.8, 4) is 11.3 Å². The number of aromatic nitrogens is 2. The highest BCUT2D eigenvalue weighted by atomic mass is 32.1. The van der Waals surface area contributed by atoms with Crippen LogP contribution in [0.3, 0.4) is 0 Å². The number of nitrogens with zero attached hydrogens (tertiary/aromatic N) is 2. The second-order valence-corrected chi connectivity index (χ2v) is 12.1. The fourth-order valence-electron chi connectivity index (χ4n) is 4.26. The molecule has 0 spiro atoms. The maximum atomic E-state index is 4.78. The van der Waals surface area contributed by atoms with Crippen molar-refractivity contribution in [3.05, 3.63) is 58.5 Å². The van der Waals surface area contributed by atoms with E-state index in [2.05, 4.69) is 69.5 Å². The van der Waals surface area contributed by atoms with Gasteiger partial charge in [-0.25, -0.2) is 9.97 Å². The Morgan fingerprint density at radius 3 is 2.53 bits per heavy atom. The molecule has 0 fully saturated rings. The number of hydrogen-bond acceptors (Lipinski definition) is 5. The second kappa shape index (κ2) is 6.33. The summed E-state index contributed by atoms with van der Waals surface area (Å²) < 4.78 is 5.22. The summed E-state index contributed by atoms with van der Waals surface area (Å²) in [5.41, 5.74) is 4.75. The lowest BCUT2D eigenvalue weighted by Crippen LogP contribution is -2.11. The molecule has 5 heteroatoms. The number of aryl methyl sites for hydroxylation is 1. The monoisotopic (exact) mass is 444 g/mol. The van der Waals surface area contributed by atoms with Crippen LogP contribution >= 0.6 is 34.0 Å². The zero-order valence-corrected chi connectivity index (χ0v) is 19.7. The third-order valence-corrected chi connectivity index (χ3v) is 8.88. The van der Waals surface area contributed by atoms with Crippen molar-refractivity contribution in [1.29, 1.82) is 0 Å². The van der Waals surface area contributed by atoms with Gasteiger partial charge in [0.1, 0.15) is 6.33 Å². The molecule has 0 aliphatic carbocycles. The largest absolute Gasteiger partial charge is 0.235 e. The molecule has 2 nitrogen and oxygen atoms in total. The third kappa shape index (κ3) is 2.66. The van der Waals surface area contributed by atoms with E-state index < -0.39 is 0 Å². The lowest BCUT2D eigenvalue weighted by Gasteiger charge is -2.21. The standard InChI is InChI=1S/C25H20N2S3/c1-13-9-17-19(29-13)6-5-16-21-24(30-23(16)17)20(26-12-27-21)15-10-14-7-8-28-22(14)18(11-15)25(2,3)4/h5-12H,1-4H3. The second-order valence-electron chi connectivity index (χ2n) is 8.83. The van der Waals surface area contributed by atoms with Gasteiger partial charge in [-0.1, -0.05) is 20.8 Å². The van der Waals surface area contributed by atoms with Gasteiger partial charge in [-0.15, -0.1) is 34.0 Å². The van der Waals surface area contributed by atoms with Crippen LogP contribution in [0.25, 0.3) is 51.7 Å². The third-order valence-electron chi connectivity index (χ3n) is 5.67. The Kier molecular flexibility index (Phi) is 3.89. The van der Waals surface area contributed by atoms with Gasteiger partial charge in [0.25, 0.3) is 0 Å². The molecular weight excluding hydrogens is 424 g/mol. The molecule has 4 heterocycles. The van der Waals surface area contributed by atoms with Gasteiger partial charge in [-0.05, 0) is 65.1 Å². The highest BCUT2D eigenvalue weighted by Crippen LogP contribution is 2.44. The van der Waals surface area contributed by atoms with Gasteiger partial charge < -0.3 is 0 Å². The van der Waals surface area contributed by atoms with Crippen LogP contribution in [-0.2, 0) is 5.41 Å². The first-order chi connectivity index (χ1) is 14.4. The van der Waals surface area contributed by atoms with E-state index in [0.29, 0.717) is 0 Å². The van der Waals surface area contributed by atoms with Crippen LogP contribution in [-0.4, -0.2) is 9.97 Å². The first kappa shape index (κ1) is 18.4. The number of rotatable bonds is 1. The summed E-state index contributed by atoms with van der Waals surface area (Å²) >= 11 is 5.51. The Labute approximate surface area is 186 Å². The molecule has 0 unspecified atom stereocenters. The fourth-order valence-corrected chi connectivity index (χ4v) is 7.64. The Morgan fingerprint density at radius 2 is 1.70 bits per heavy atom. The molecule has 2 aromatic carbocycles. The summed E-state index contributed by atoms with van der Waals surface area (Å²) in [6.45, 7) is 9.04. The molecule has 148 valence electrons. The van der Waals surface area contributed by atoms with Crippen molar-refractivity contribution < 1.29 is 0 Å². The van der Waals surface area contributed by atoms with Crippen molar-refractivity contribution in [2.24, 2.45) is 0 Å². The molecule has 0 saturated carbocycles. The zero-order chi connectivity index (χ0) is 20.6. The molecule has 0 saturated heterocycles. The number of fused-ring (bicyclic) bond motifs is 6. The summed E-state index contributed by atoms with van der Waals surface area (Å²) in [4.78, 5) is 10.8. The van der Waals surface area contributed by atoms with E-state index in [4.69, 9.17) is 9.97 Å². The highest BCUT2D eigenvalue weighted by molar-refractivity contribution is 7.28. The lowest BCUT2D eigenvalue weighted by atomic mass is 9.85. The summed E-state index contributed by atoms with van der Waals surface area (Å²) in [6, 6.07) is 13.6. The lowest BCUT2D eigenvalue weighted by molar-refractivity contribution is 0.597. The minimum absolute atomic E-state index is 0.0752. The smallest absolute Gasteiger partial charge is 0.116 e. The van der Waals surface area contributed by atoms with Crippen molar-refractivity contribution >= 4 is 74.5 Å². The van der Waals surface area contributed by atoms with Crippen LogP contribution in [0, 0.1) is 6.92 Å². The van der Waals surface area contributed by atoms with Gasteiger partial charge in [-0.3, -0.25) is 0 Å². The Hall–Kier alpha value is -2.34. The minimum atomic E-state index is 0.0752. The van der Waals surface area contributed by atoms with Crippen molar-refractivity contribution in [3.63, 3.8) is 0 Å². The molecule has 0 amide bonds. The van der Waals surface area contributed by atoms with Crippen LogP contribution in [0.5, 0.6) is 0 Å². The molecule has 0 radical (unpaired) electrons. The van der Waals surface area contributed by atoms with Gasteiger partial charge in [0.2, 0.25) is 0 Å². The topological polar surface area (TPSA) is 25.8 Å². The van der Waals surface area contributed by atoms with Crippen molar-refractivity contribution in [2.75, 3.05) is 0 Å². The van der Waals surface area contributed by atoms with Gasteiger partial charge in [0.15, 0.2) is 0 Å². The van der Waals surface area contributed by atoms with Gasteiger partial charge in [0.05, 0.1) is 15.9 Å². The maximum absolute atomic E-state index is 4.78. The molecule has 0 aliphatic heterocycles. The fraction of sp³-hybridized carbons (Fsp3) is 0.200. The summed E-state index contributed by atoms with van der Waals surface area (Å²) in [5.74, 6) is 0. The Bertz CT molecular complexity index is 1590. The summed E-state index contributed by atoms with van der Waals surface area (Å²) in [7, 11) is 0. The number of hydrogen-bond donors (Lipinski definition) is 0. The van der Waals surface area contributed by atoms with E-state index >= 15 is 0 Å². The van der Waals surface area contributed by atoms with E-state index in [9.17, 15) is 0 Å². The van der Waals surface area contributed by atoms with E-state index in [1.54, 1.807) is 6.33 Å². The molecule has 6 rings (SSSR count). The van der Waals surface area contributed by atoms with Crippen molar-refractivity contribution in [1.82, 2.24) is 9.97 Å². The van der Waals surface area contributed by atoms with Gasteiger partial charge in [-0.2, -0.15) is 0 Å². The van der Waals surface area contributed by atoms with Crippen LogP contribution < -0.4 is 0 Å². The average Bonchev–Trinajstić information content (AvgIpc) is 3.40. The number of thiophene rings is 3. The first-order valence-electron chi connectivity index (χ1n) is 9.98. The van der Waals surface area contributed by atoms with Gasteiger partial charge in [0, 0.05) is 35.3 Å². The highest BCUT2D eigenvalue weighted by Gasteiger charge is 2.21. The van der Waals surface area contributed by atoms with E-state index in [-0.39, 0.29) is 5.41 Å². The predicted molar refractivity (Wildman–Crippen MR) is 135 cm³/mol. The number of benzene rings is 2. The van der Waals surface area contributed by atoms with Crippen LogP contribution in [0.2, 0.25) is 0 Å².